The average molecular weight is 531 g/mol. The second kappa shape index (κ2) is 10.3. The fourth-order valence-electron chi connectivity index (χ4n) is 4.50. The maximum Gasteiger partial charge on any atom is 0.416 e. The Labute approximate surface area is 215 Å². The zero-order valence-electron chi connectivity index (χ0n) is 20.9. The molecule has 0 unspecified atom stereocenters. The van der Waals surface area contributed by atoms with E-state index in [1.165, 1.54) is 10.8 Å². The van der Waals surface area contributed by atoms with Crippen molar-refractivity contribution in [2.75, 3.05) is 36.5 Å². The maximum absolute atomic E-state index is 13.5. The number of nitrogens with zero attached hydrogens (tertiary/aromatic N) is 5. The lowest BCUT2D eigenvalue weighted by Crippen LogP contribution is -2.40. The summed E-state index contributed by atoms with van der Waals surface area (Å²) in [6, 6.07) is 4.93. The number of fused-ring (bicyclic) bond motifs is 1. The van der Waals surface area contributed by atoms with Crippen molar-refractivity contribution >= 4 is 28.1 Å². The van der Waals surface area contributed by atoms with Gasteiger partial charge in [0.15, 0.2) is 0 Å². The summed E-state index contributed by atoms with van der Waals surface area (Å²) in [5.74, 6) is 0.218. The van der Waals surface area contributed by atoms with Gasteiger partial charge in [0.1, 0.15) is 17.6 Å². The number of rotatable bonds is 6. The molecule has 3 heterocycles. The summed E-state index contributed by atoms with van der Waals surface area (Å²) in [6.45, 7) is 7.01. The molecule has 1 N–H and O–H groups in total. The predicted molar refractivity (Wildman–Crippen MR) is 134 cm³/mol. The number of alkyl halides is 3. The highest BCUT2D eigenvalue weighted by Crippen LogP contribution is 2.36. The molecule has 1 aliphatic heterocycles. The largest absolute Gasteiger partial charge is 0.416 e. The van der Waals surface area contributed by atoms with Crippen molar-refractivity contribution in [3.63, 3.8) is 0 Å². The second-order valence-electron chi connectivity index (χ2n) is 9.23. The van der Waals surface area contributed by atoms with Crippen LogP contribution < -0.4 is 15.8 Å². The lowest BCUT2D eigenvalue weighted by molar-refractivity contribution is -0.385. The average Bonchev–Trinajstić information content (AvgIpc) is 2.87. The lowest BCUT2D eigenvalue weighted by Gasteiger charge is -2.30. The molecule has 38 heavy (non-hydrogen) atoms. The van der Waals surface area contributed by atoms with E-state index in [9.17, 15) is 33.3 Å². The number of benzene rings is 1. The fourth-order valence-corrected chi connectivity index (χ4v) is 4.50. The monoisotopic (exact) mass is 530 g/mol. The first-order valence-corrected chi connectivity index (χ1v) is 11.9. The Morgan fingerprint density at radius 2 is 1.87 bits per heavy atom. The summed E-state index contributed by atoms with van der Waals surface area (Å²) in [5, 5.41) is 24.5. The maximum atomic E-state index is 13.5. The molecular formula is C25H25F3N6O4. The molecule has 0 radical (unpaired) electrons. The number of pyridine rings is 2. The number of aromatic nitrogens is 2. The van der Waals surface area contributed by atoms with Gasteiger partial charge in [0.05, 0.1) is 40.8 Å². The Hall–Kier alpha value is -4.18. The van der Waals surface area contributed by atoms with Crippen molar-refractivity contribution in [2.45, 2.75) is 39.0 Å². The van der Waals surface area contributed by atoms with Gasteiger partial charge < -0.3 is 19.5 Å². The van der Waals surface area contributed by atoms with Crippen molar-refractivity contribution in [1.82, 2.24) is 9.55 Å². The molecule has 1 atom stereocenters. The molecule has 1 aromatic carbocycles. The Bertz CT molecular complexity index is 1490. The number of ether oxygens (including phenoxy) is 1. The summed E-state index contributed by atoms with van der Waals surface area (Å²) in [5.41, 5.74) is -1.21. The number of nitro groups is 1. The molecule has 0 amide bonds. The van der Waals surface area contributed by atoms with Crippen LogP contribution in [-0.4, -0.2) is 40.8 Å². The predicted octanol–water partition coefficient (Wildman–Crippen LogP) is 4.79. The van der Waals surface area contributed by atoms with Gasteiger partial charge in [-0.1, -0.05) is 0 Å². The minimum atomic E-state index is -4.78. The van der Waals surface area contributed by atoms with Gasteiger partial charge in [-0.15, -0.1) is 0 Å². The number of nitriles is 1. The van der Waals surface area contributed by atoms with E-state index < -0.39 is 28.4 Å². The highest BCUT2D eigenvalue weighted by atomic mass is 19.4. The molecule has 10 nitrogen and oxygen atoms in total. The number of nitrogens with one attached hydrogen (secondary N) is 1. The molecule has 3 aromatic rings. The number of hydrogen-bond acceptors (Lipinski definition) is 8. The van der Waals surface area contributed by atoms with Crippen molar-refractivity contribution in [2.24, 2.45) is 0 Å². The van der Waals surface area contributed by atoms with Crippen LogP contribution in [0.4, 0.5) is 30.4 Å². The van der Waals surface area contributed by atoms with Gasteiger partial charge in [0, 0.05) is 42.8 Å². The number of morpholine rings is 1. The van der Waals surface area contributed by atoms with E-state index in [-0.39, 0.29) is 28.5 Å². The molecule has 13 heteroatoms. The van der Waals surface area contributed by atoms with Crippen LogP contribution in [0.25, 0.3) is 10.9 Å². The van der Waals surface area contributed by atoms with E-state index in [0.29, 0.717) is 49.0 Å². The normalized spacial score (nSPS) is 14.9. The smallest absolute Gasteiger partial charge is 0.378 e. The summed E-state index contributed by atoms with van der Waals surface area (Å²) < 4.78 is 47.2. The topological polar surface area (TPSA) is 126 Å². The number of halogens is 3. The van der Waals surface area contributed by atoms with Gasteiger partial charge in [-0.05, 0) is 38.5 Å². The Balaban J connectivity index is 1.89. The molecule has 1 saturated heterocycles. The molecule has 0 bridgehead atoms. The van der Waals surface area contributed by atoms with Gasteiger partial charge >= 0.3 is 6.18 Å². The molecular weight excluding hydrogens is 505 g/mol. The summed E-state index contributed by atoms with van der Waals surface area (Å²) >= 11 is 0. The van der Waals surface area contributed by atoms with Crippen LogP contribution >= 0.6 is 0 Å². The highest BCUT2D eigenvalue weighted by Gasteiger charge is 2.33. The third-order valence-corrected chi connectivity index (χ3v) is 6.37. The molecule has 2 aromatic heterocycles. The fraction of sp³-hybridized carbons (Fsp3) is 0.400. The number of nitro benzene ring substituents is 1. The van der Waals surface area contributed by atoms with E-state index in [0.717, 1.165) is 12.1 Å². The first-order chi connectivity index (χ1) is 17.9. The van der Waals surface area contributed by atoms with E-state index in [1.54, 1.807) is 13.0 Å². The van der Waals surface area contributed by atoms with Crippen molar-refractivity contribution in [3.05, 3.63) is 67.6 Å². The van der Waals surface area contributed by atoms with Crippen LogP contribution in [0.1, 0.15) is 49.5 Å². The van der Waals surface area contributed by atoms with Gasteiger partial charge in [-0.3, -0.25) is 14.9 Å². The van der Waals surface area contributed by atoms with Crippen molar-refractivity contribution < 1.29 is 22.8 Å². The summed E-state index contributed by atoms with van der Waals surface area (Å²) in [6.07, 6.45) is -3.49. The van der Waals surface area contributed by atoms with Crippen LogP contribution in [0.3, 0.4) is 0 Å². The minimum Gasteiger partial charge on any atom is -0.378 e. The molecule has 4 rings (SSSR count). The van der Waals surface area contributed by atoms with Gasteiger partial charge in [-0.25, -0.2) is 4.98 Å². The molecule has 1 fully saturated rings. The van der Waals surface area contributed by atoms with E-state index >= 15 is 0 Å². The van der Waals surface area contributed by atoms with Crippen LogP contribution in [-0.2, 0) is 10.9 Å². The van der Waals surface area contributed by atoms with Gasteiger partial charge in [0.2, 0.25) is 0 Å². The molecule has 0 saturated carbocycles. The van der Waals surface area contributed by atoms with Gasteiger partial charge in [-0.2, -0.15) is 18.4 Å². The number of hydrogen-bond donors (Lipinski definition) is 1. The third kappa shape index (κ3) is 5.12. The molecule has 0 spiro atoms. The molecule has 0 aliphatic carbocycles. The van der Waals surface area contributed by atoms with Crippen LogP contribution in [0, 0.1) is 21.4 Å². The zero-order chi connectivity index (χ0) is 27.8. The first-order valence-electron chi connectivity index (χ1n) is 11.9. The highest BCUT2D eigenvalue weighted by molar-refractivity contribution is 5.95. The van der Waals surface area contributed by atoms with E-state index in [1.807, 2.05) is 18.7 Å². The van der Waals surface area contributed by atoms with Gasteiger partial charge in [0.25, 0.3) is 11.2 Å². The van der Waals surface area contributed by atoms with Crippen LogP contribution in [0.2, 0.25) is 0 Å². The van der Waals surface area contributed by atoms with E-state index in [4.69, 9.17) is 4.74 Å². The van der Waals surface area contributed by atoms with E-state index in [2.05, 4.69) is 16.4 Å². The first kappa shape index (κ1) is 26.9. The number of non-ortho nitro benzene ring substituents is 1. The summed E-state index contributed by atoms with van der Waals surface area (Å²) in [7, 11) is 0. The van der Waals surface area contributed by atoms with Crippen molar-refractivity contribution in [3.8, 4) is 6.07 Å². The van der Waals surface area contributed by atoms with Crippen LogP contribution in [0.5, 0.6) is 0 Å². The third-order valence-electron chi connectivity index (χ3n) is 6.37. The van der Waals surface area contributed by atoms with Crippen LogP contribution in [0.15, 0.2) is 35.3 Å². The standard InChI is InChI=1S/C25H25F3N6O4/c1-14(2)33-22-17(12-29)13-30-23(20(22)11-21(24(33)35)32-4-6-38-7-5-32)31-15(3)16-8-18(25(26,27)28)10-19(9-16)34(36)37/h8-11,13-15H,4-7H2,1-3H3,(H,30,31)/t15-/m1/s1. The zero-order valence-corrected chi connectivity index (χ0v) is 20.9. The Morgan fingerprint density at radius 3 is 2.45 bits per heavy atom. The second-order valence-corrected chi connectivity index (χ2v) is 9.23. The number of anilines is 2. The Morgan fingerprint density at radius 1 is 1.18 bits per heavy atom. The summed E-state index contributed by atoms with van der Waals surface area (Å²) in [4.78, 5) is 30.2. The van der Waals surface area contributed by atoms with Crippen molar-refractivity contribution in [1.29, 1.82) is 5.26 Å². The molecule has 1 aliphatic rings. The minimum absolute atomic E-state index is 0.0245. The molecule has 200 valence electrons. The SMILES string of the molecule is CC(C)n1c(=O)c(N2CCOCC2)cc2c(N[C@H](C)c3cc([N+](=O)[O-])cc(C(F)(F)F)c3)ncc(C#N)c21. The quantitative estimate of drug-likeness (QED) is 0.356. The Kier molecular flexibility index (Phi) is 7.28. The lowest BCUT2D eigenvalue weighted by atomic mass is 10.0.